The first kappa shape index (κ1) is 16.6. The maximum atomic E-state index is 12.3. The third-order valence-corrected chi connectivity index (χ3v) is 5.33. The summed E-state index contributed by atoms with van der Waals surface area (Å²) in [4.78, 5) is 30.0. The van der Waals surface area contributed by atoms with Crippen LogP contribution in [0, 0.1) is 17.8 Å². The maximum absolute atomic E-state index is 12.3. The van der Waals surface area contributed by atoms with Crippen LogP contribution < -0.4 is 0 Å². The summed E-state index contributed by atoms with van der Waals surface area (Å²) in [6, 6.07) is 14.0. The monoisotopic (exact) mass is 353 g/mol. The molecule has 0 amide bonds. The minimum atomic E-state index is -0.532. The van der Waals surface area contributed by atoms with Crippen molar-refractivity contribution in [1.82, 2.24) is 0 Å². The van der Waals surface area contributed by atoms with Crippen LogP contribution >= 0.6 is 0 Å². The number of carbonyl (C=O) groups excluding carboxylic acids is 2. The molecule has 2 aromatic carbocycles. The highest BCUT2D eigenvalue weighted by molar-refractivity contribution is 6.07. The molecule has 0 bridgehead atoms. The lowest BCUT2D eigenvalue weighted by Gasteiger charge is -2.17. The van der Waals surface area contributed by atoms with Crippen LogP contribution in [0.1, 0.15) is 12.0 Å². The Morgan fingerprint density at radius 3 is 2.42 bits per heavy atom. The van der Waals surface area contributed by atoms with Crippen molar-refractivity contribution in [3.63, 3.8) is 0 Å². The highest BCUT2D eigenvalue weighted by Crippen LogP contribution is 2.45. The first-order chi connectivity index (χ1) is 12.6. The van der Waals surface area contributed by atoms with Crippen LogP contribution in [0.15, 0.2) is 47.6 Å². The molecule has 4 atom stereocenters. The van der Waals surface area contributed by atoms with Gasteiger partial charge < -0.3 is 14.3 Å². The SMILES string of the molecule is COC(=O)[C@H]1C[C@@H](C(=O)OC)[C@H]2ON=C(c3ccc4ccccc4c3)[C@H]21. The smallest absolute Gasteiger partial charge is 0.312 e. The van der Waals surface area contributed by atoms with Gasteiger partial charge in [-0.15, -0.1) is 0 Å². The molecule has 134 valence electrons. The number of carbonyl (C=O) groups is 2. The van der Waals surface area contributed by atoms with E-state index in [0.717, 1.165) is 16.3 Å². The Balaban J connectivity index is 1.73. The second-order valence-electron chi connectivity index (χ2n) is 6.63. The third-order valence-electron chi connectivity index (χ3n) is 5.33. The number of hydrogen-bond acceptors (Lipinski definition) is 6. The van der Waals surface area contributed by atoms with Gasteiger partial charge in [-0.3, -0.25) is 9.59 Å². The van der Waals surface area contributed by atoms with Crippen molar-refractivity contribution in [2.24, 2.45) is 22.9 Å². The largest absolute Gasteiger partial charge is 0.469 e. The molecule has 6 heteroatoms. The highest BCUT2D eigenvalue weighted by atomic mass is 16.6. The van der Waals surface area contributed by atoms with E-state index in [-0.39, 0.29) is 17.9 Å². The van der Waals surface area contributed by atoms with Crippen molar-refractivity contribution in [1.29, 1.82) is 0 Å². The van der Waals surface area contributed by atoms with E-state index in [1.54, 1.807) is 0 Å². The summed E-state index contributed by atoms with van der Waals surface area (Å²) in [5, 5.41) is 6.43. The number of methoxy groups -OCH3 is 2. The van der Waals surface area contributed by atoms with Crippen LogP contribution in [0.3, 0.4) is 0 Å². The van der Waals surface area contributed by atoms with Gasteiger partial charge >= 0.3 is 11.9 Å². The van der Waals surface area contributed by atoms with Gasteiger partial charge in [0.1, 0.15) is 6.10 Å². The lowest BCUT2D eigenvalue weighted by molar-refractivity contribution is -0.149. The van der Waals surface area contributed by atoms with Crippen LogP contribution in [0.5, 0.6) is 0 Å². The minimum Gasteiger partial charge on any atom is -0.469 e. The topological polar surface area (TPSA) is 74.2 Å². The van der Waals surface area contributed by atoms with Crippen LogP contribution in [0.2, 0.25) is 0 Å². The molecule has 1 aliphatic heterocycles. The summed E-state index contributed by atoms with van der Waals surface area (Å²) >= 11 is 0. The lowest BCUT2D eigenvalue weighted by Crippen LogP contribution is -2.32. The maximum Gasteiger partial charge on any atom is 0.312 e. The van der Waals surface area contributed by atoms with Crippen molar-refractivity contribution in [3.8, 4) is 0 Å². The molecule has 6 nitrogen and oxygen atoms in total. The van der Waals surface area contributed by atoms with Crippen LogP contribution in [-0.2, 0) is 23.9 Å². The summed E-state index contributed by atoms with van der Waals surface area (Å²) in [7, 11) is 2.69. The van der Waals surface area contributed by atoms with Gasteiger partial charge in [-0.2, -0.15) is 0 Å². The zero-order valence-electron chi connectivity index (χ0n) is 14.5. The van der Waals surface area contributed by atoms with Gasteiger partial charge in [-0.25, -0.2) is 0 Å². The second-order valence-corrected chi connectivity index (χ2v) is 6.63. The Morgan fingerprint density at radius 2 is 1.69 bits per heavy atom. The first-order valence-corrected chi connectivity index (χ1v) is 8.52. The summed E-state index contributed by atoms with van der Waals surface area (Å²) in [5.74, 6) is -2.09. The van der Waals surface area contributed by atoms with Crippen molar-refractivity contribution >= 4 is 28.4 Å². The molecule has 0 saturated heterocycles. The van der Waals surface area contributed by atoms with E-state index in [4.69, 9.17) is 14.3 Å². The van der Waals surface area contributed by atoms with Gasteiger partial charge in [0.15, 0.2) is 0 Å². The van der Waals surface area contributed by atoms with E-state index in [9.17, 15) is 9.59 Å². The Hall–Kier alpha value is -2.89. The second kappa shape index (κ2) is 6.44. The summed E-state index contributed by atoms with van der Waals surface area (Å²) in [6.07, 6.45) is -0.172. The van der Waals surface area contributed by atoms with E-state index in [0.29, 0.717) is 12.1 Å². The van der Waals surface area contributed by atoms with Crippen molar-refractivity contribution in [2.75, 3.05) is 14.2 Å². The van der Waals surface area contributed by atoms with Gasteiger partial charge in [0.05, 0.1) is 37.7 Å². The van der Waals surface area contributed by atoms with Gasteiger partial charge in [0, 0.05) is 5.56 Å². The normalized spacial score (nSPS) is 26.8. The van der Waals surface area contributed by atoms with Crippen LogP contribution in [0.4, 0.5) is 0 Å². The van der Waals surface area contributed by atoms with E-state index < -0.39 is 17.9 Å². The number of rotatable bonds is 3. The first-order valence-electron chi connectivity index (χ1n) is 8.52. The fourth-order valence-corrected chi connectivity index (χ4v) is 4.07. The molecule has 1 aliphatic carbocycles. The highest BCUT2D eigenvalue weighted by Gasteiger charge is 2.57. The lowest BCUT2D eigenvalue weighted by atomic mass is 9.86. The molecule has 1 heterocycles. The minimum absolute atomic E-state index is 0.326. The molecule has 1 saturated carbocycles. The van der Waals surface area contributed by atoms with Gasteiger partial charge in [-0.05, 0) is 23.3 Å². The zero-order chi connectivity index (χ0) is 18.3. The number of benzene rings is 2. The molecule has 0 spiro atoms. The van der Waals surface area contributed by atoms with E-state index in [1.165, 1.54) is 14.2 Å². The molecule has 2 aromatic rings. The standard InChI is InChI=1S/C20H19NO5/c1-24-19(22)14-10-15(20(23)25-2)18-16(14)17(21-26-18)13-8-7-11-5-3-4-6-12(11)9-13/h3-9,14-16,18H,10H2,1-2H3/t14-,15+,16+,18+/m0/s1. The Bertz CT molecular complexity index is 906. The predicted molar refractivity (Wildman–Crippen MR) is 94.5 cm³/mol. The Labute approximate surface area is 150 Å². The van der Waals surface area contributed by atoms with Crippen molar-refractivity contribution < 1.29 is 23.9 Å². The van der Waals surface area contributed by atoms with E-state index >= 15 is 0 Å². The number of ether oxygens (including phenoxy) is 2. The number of hydrogen-bond donors (Lipinski definition) is 0. The molecule has 26 heavy (non-hydrogen) atoms. The average molecular weight is 353 g/mol. The molecule has 0 N–H and O–H groups in total. The zero-order valence-corrected chi connectivity index (χ0v) is 14.5. The Kier molecular flexibility index (Phi) is 4.11. The van der Waals surface area contributed by atoms with Crippen molar-refractivity contribution in [3.05, 3.63) is 48.0 Å². The van der Waals surface area contributed by atoms with E-state index in [1.807, 2.05) is 42.5 Å². The predicted octanol–water partition coefficient (Wildman–Crippen LogP) is 2.54. The van der Waals surface area contributed by atoms with Crippen LogP contribution in [0.25, 0.3) is 10.8 Å². The average Bonchev–Trinajstić information content (AvgIpc) is 3.27. The molecular weight excluding hydrogens is 334 g/mol. The molecule has 0 aromatic heterocycles. The summed E-state index contributed by atoms with van der Waals surface area (Å²) in [5.41, 5.74) is 1.57. The Morgan fingerprint density at radius 1 is 1.00 bits per heavy atom. The molecular formula is C20H19NO5. The summed E-state index contributed by atoms with van der Waals surface area (Å²) in [6.45, 7) is 0. The third kappa shape index (κ3) is 2.53. The molecule has 1 fully saturated rings. The van der Waals surface area contributed by atoms with Gasteiger partial charge in [0.2, 0.25) is 0 Å². The molecule has 0 unspecified atom stereocenters. The van der Waals surface area contributed by atoms with E-state index in [2.05, 4.69) is 5.16 Å². The molecule has 0 radical (unpaired) electrons. The molecule has 4 rings (SSSR count). The van der Waals surface area contributed by atoms with Crippen molar-refractivity contribution in [2.45, 2.75) is 12.5 Å². The van der Waals surface area contributed by atoms with Crippen LogP contribution in [-0.4, -0.2) is 38.0 Å². The van der Waals surface area contributed by atoms with Gasteiger partial charge in [-0.1, -0.05) is 41.6 Å². The van der Waals surface area contributed by atoms with Gasteiger partial charge in [0.25, 0.3) is 0 Å². The number of nitrogens with zero attached hydrogens (tertiary/aromatic N) is 1. The fraction of sp³-hybridized carbons (Fsp3) is 0.350. The number of esters is 2. The quantitative estimate of drug-likeness (QED) is 0.793. The fourth-order valence-electron chi connectivity index (χ4n) is 4.07. The number of oxime groups is 1. The summed E-state index contributed by atoms with van der Waals surface area (Å²) < 4.78 is 9.84. The number of fused-ring (bicyclic) bond motifs is 2. The molecule has 2 aliphatic rings.